The van der Waals surface area contributed by atoms with Gasteiger partial charge in [-0.2, -0.15) is 11.8 Å². The third-order valence-electron chi connectivity index (χ3n) is 1.28. The van der Waals surface area contributed by atoms with Crippen LogP contribution in [0.2, 0.25) is 0 Å². The van der Waals surface area contributed by atoms with Gasteiger partial charge in [0.1, 0.15) is 0 Å². The molecule has 0 bridgehead atoms. The summed E-state index contributed by atoms with van der Waals surface area (Å²) in [6.45, 7) is 9.10. The van der Waals surface area contributed by atoms with Gasteiger partial charge in [0, 0.05) is 25.2 Å². The first-order valence-electron chi connectivity index (χ1n) is 4.20. The fraction of sp³-hybridized carbons (Fsp3) is 1.00. The molecule has 0 saturated heterocycles. The number of hydrogen-bond acceptors (Lipinski definition) is 1. The molecule has 0 aliphatic carbocycles. The summed E-state index contributed by atoms with van der Waals surface area (Å²) < 4.78 is 0.466. The zero-order valence-corrected chi connectivity index (χ0v) is 10.4. The van der Waals surface area contributed by atoms with Gasteiger partial charge in [-0.3, -0.25) is 0 Å². The molecule has 72 valence electrons. The molecule has 0 spiro atoms. The van der Waals surface area contributed by atoms with Gasteiger partial charge in [0.2, 0.25) is 0 Å². The van der Waals surface area contributed by atoms with Crippen LogP contribution in [0.5, 0.6) is 0 Å². The first-order chi connectivity index (χ1) is 4.56. The smallest absolute Gasteiger partial charge is 0.00750 e. The summed E-state index contributed by atoms with van der Waals surface area (Å²) in [4.78, 5) is 0. The molecule has 0 aromatic carbocycles. The van der Waals surface area contributed by atoms with Crippen LogP contribution in [0.3, 0.4) is 0 Å². The van der Waals surface area contributed by atoms with Crippen molar-refractivity contribution >= 4 is 11.8 Å². The van der Waals surface area contributed by atoms with E-state index in [-0.39, 0.29) is 20.4 Å². The number of unbranched alkanes of at least 4 members (excludes halogenated alkanes) is 2. The molecule has 0 fully saturated rings. The maximum absolute atomic E-state index is 2.28. The second-order valence-electron chi connectivity index (χ2n) is 3.67. The normalized spacial score (nSPS) is 10.9. The van der Waals surface area contributed by atoms with E-state index in [9.17, 15) is 0 Å². The Balaban J connectivity index is 0. The van der Waals surface area contributed by atoms with E-state index >= 15 is 0 Å². The molecule has 0 heterocycles. The summed E-state index contributed by atoms with van der Waals surface area (Å²) >= 11 is 2.07. The Labute approximate surface area is 89.6 Å². The van der Waals surface area contributed by atoms with E-state index in [2.05, 4.69) is 39.5 Å². The van der Waals surface area contributed by atoms with Gasteiger partial charge in [-0.15, -0.1) is 0 Å². The predicted molar refractivity (Wildman–Crippen MR) is 51.7 cm³/mol. The number of rotatable bonds is 4. The molecular formula is C9H20PdS. The van der Waals surface area contributed by atoms with Crippen LogP contribution in [-0.2, 0) is 20.4 Å². The minimum Gasteiger partial charge on any atom is -0.156 e. The van der Waals surface area contributed by atoms with E-state index in [1.165, 1.54) is 25.0 Å². The summed E-state index contributed by atoms with van der Waals surface area (Å²) in [6.07, 6.45) is 4.12. The molecule has 0 aromatic rings. The Hall–Kier alpha value is 1.01. The molecule has 0 N–H and O–H groups in total. The second-order valence-corrected chi connectivity index (χ2v) is 5.59. The maximum atomic E-state index is 2.28. The molecule has 0 amide bonds. The number of thioether (sulfide) groups is 1. The quantitative estimate of drug-likeness (QED) is 0.552. The zero-order valence-electron chi connectivity index (χ0n) is 8.05. The minimum atomic E-state index is 0. The van der Waals surface area contributed by atoms with Crippen LogP contribution in [-0.4, -0.2) is 10.5 Å². The van der Waals surface area contributed by atoms with Crippen LogP contribution in [0.25, 0.3) is 0 Å². The summed E-state index contributed by atoms with van der Waals surface area (Å²) in [6, 6.07) is 0. The molecule has 0 radical (unpaired) electrons. The summed E-state index contributed by atoms with van der Waals surface area (Å²) in [5.41, 5.74) is 0. The van der Waals surface area contributed by atoms with Crippen LogP contribution in [0.4, 0.5) is 0 Å². The van der Waals surface area contributed by atoms with Crippen molar-refractivity contribution in [3.63, 3.8) is 0 Å². The molecule has 0 aliphatic rings. The van der Waals surface area contributed by atoms with E-state index in [4.69, 9.17) is 0 Å². The Bertz CT molecular complexity index is 76.1. The van der Waals surface area contributed by atoms with Gasteiger partial charge in [-0.25, -0.2) is 0 Å². The first kappa shape index (κ1) is 14.5. The third-order valence-corrected chi connectivity index (χ3v) is 2.64. The van der Waals surface area contributed by atoms with E-state index in [0.29, 0.717) is 4.75 Å². The van der Waals surface area contributed by atoms with Crippen molar-refractivity contribution in [2.24, 2.45) is 0 Å². The average Bonchev–Trinajstić information content (AvgIpc) is 1.78. The van der Waals surface area contributed by atoms with Gasteiger partial charge < -0.3 is 0 Å². The van der Waals surface area contributed by atoms with Gasteiger partial charge in [-0.1, -0.05) is 40.5 Å². The van der Waals surface area contributed by atoms with Gasteiger partial charge >= 0.3 is 0 Å². The molecule has 2 heteroatoms. The van der Waals surface area contributed by atoms with Gasteiger partial charge in [0.05, 0.1) is 0 Å². The molecule has 0 aromatic heterocycles. The van der Waals surface area contributed by atoms with Gasteiger partial charge in [-0.05, 0) is 12.2 Å². The summed E-state index contributed by atoms with van der Waals surface area (Å²) in [5.74, 6) is 1.33. The molecule has 11 heavy (non-hydrogen) atoms. The monoisotopic (exact) mass is 266 g/mol. The Morgan fingerprint density at radius 2 is 1.64 bits per heavy atom. The average molecular weight is 267 g/mol. The molecule has 0 rings (SSSR count). The van der Waals surface area contributed by atoms with E-state index in [1.54, 1.807) is 0 Å². The van der Waals surface area contributed by atoms with Crippen molar-refractivity contribution in [2.75, 3.05) is 5.75 Å². The second kappa shape index (κ2) is 7.65. The topological polar surface area (TPSA) is 0 Å². The zero-order chi connectivity index (χ0) is 8.04. The van der Waals surface area contributed by atoms with Crippen LogP contribution in [0.15, 0.2) is 0 Å². The van der Waals surface area contributed by atoms with Crippen molar-refractivity contribution in [3.8, 4) is 0 Å². The molecule has 0 nitrogen and oxygen atoms in total. The maximum Gasteiger partial charge on any atom is 0.00750 e. The molecular weight excluding hydrogens is 247 g/mol. The van der Waals surface area contributed by atoms with Crippen LogP contribution in [0, 0.1) is 0 Å². The Morgan fingerprint density at radius 3 is 2.00 bits per heavy atom. The van der Waals surface area contributed by atoms with E-state index in [0.717, 1.165) is 0 Å². The van der Waals surface area contributed by atoms with E-state index < -0.39 is 0 Å². The Morgan fingerprint density at radius 1 is 1.09 bits per heavy atom. The van der Waals surface area contributed by atoms with Crippen LogP contribution >= 0.6 is 11.8 Å². The van der Waals surface area contributed by atoms with Crippen molar-refractivity contribution in [1.82, 2.24) is 0 Å². The standard InChI is InChI=1S/C9H20S.Pd/c1-5-6-7-8-10-9(2,3)4;/h5-8H2,1-4H3;. The SMILES string of the molecule is CCCCCSC(C)(C)C.[Pd]. The van der Waals surface area contributed by atoms with Crippen molar-refractivity contribution in [2.45, 2.75) is 51.7 Å². The largest absolute Gasteiger partial charge is 0.156 e. The van der Waals surface area contributed by atoms with Crippen molar-refractivity contribution in [3.05, 3.63) is 0 Å². The van der Waals surface area contributed by atoms with Gasteiger partial charge in [0.25, 0.3) is 0 Å². The third kappa shape index (κ3) is 13.9. The fourth-order valence-corrected chi connectivity index (χ4v) is 1.69. The molecule has 0 atom stereocenters. The predicted octanol–water partition coefficient (Wildman–Crippen LogP) is 3.71. The van der Waals surface area contributed by atoms with Crippen molar-refractivity contribution < 1.29 is 20.4 Å². The molecule has 0 unspecified atom stereocenters. The molecule has 0 saturated carbocycles. The summed E-state index contributed by atoms with van der Waals surface area (Å²) in [7, 11) is 0. The molecule has 0 aliphatic heterocycles. The van der Waals surface area contributed by atoms with Crippen molar-refractivity contribution in [1.29, 1.82) is 0 Å². The summed E-state index contributed by atoms with van der Waals surface area (Å²) in [5, 5.41) is 0. The number of hydrogen-bond donors (Lipinski definition) is 0. The van der Waals surface area contributed by atoms with Gasteiger partial charge in [0.15, 0.2) is 0 Å². The van der Waals surface area contributed by atoms with Crippen LogP contribution < -0.4 is 0 Å². The fourth-order valence-electron chi connectivity index (χ4n) is 0.730. The minimum absolute atomic E-state index is 0. The van der Waals surface area contributed by atoms with Crippen LogP contribution in [0.1, 0.15) is 47.0 Å². The Kier molecular flexibility index (Phi) is 10.1. The van der Waals surface area contributed by atoms with E-state index in [1.807, 2.05) is 0 Å². The first-order valence-corrected chi connectivity index (χ1v) is 5.19.